The number of carbonyl (C=O) groups is 2. The van der Waals surface area contributed by atoms with E-state index in [9.17, 15) is 14.4 Å². The highest BCUT2D eigenvalue weighted by Gasteiger charge is 2.36. The first-order valence-electron chi connectivity index (χ1n) is 11.5. The summed E-state index contributed by atoms with van der Waals surface area (Å²) in [5.74, 6) is -1.01. The number of hydrogen-bond donors (Lipinski definition) is 2. The van der Waals surface area contributed by atoms with E-state index in [2.05, 4.69) is 10.6 Å². The molecule has 170 valence electrons. The predicted molar refractivity (Wildman–Crippen MR) is 129 cm³/mol. The minimum Gasteiger partial charge on any atom is -0.421 e. The number of fused-ring (bicyclic) bond motifs is 1. The van der Waals surface area contributed by atoms with Crippen molar-refractivity contribution in [2.24, 2.45) is 5.92 Å². The van der Waals surface area contributed by atoms with Gasteiger partial charge in [-0.15, -0.1) is 0 Å². The van der Waals surface area contributed by atoms with Gasteiger partial charge in [0.05, 0.1) is 11.6 Å². The van der Waals surface area contributed by atoms with Gasteiger partial charge in [-0.25, -0.2) is 4.79 Å². The van der Waals surface area contributed by atoms with Crippen LogP contribution in [0, 0.1) is 12.8 Å². The molecule has 33 heavy (non-hydrogen) atoms. The molecule has 2 heterocycles. The van der Waals surface area contributed by atoms with Gasteiger partial charge in [0.2, 0.25) is 11.8 Å². The second-order valence-electron chi connectivity index (χ2n) is 8.99. The smallest absolute Gasteiger partial charge is 0.362 e. The third-order valence-electron chi connectivity index (χ3n) is 6.61. The van der Waals surface area contributed by atoms with Crippen molar-refractivity contribution in [3.8, 4) is 0 Å². The number of hydrogen-bond acceptors (Lipinski definition) is 5. The van der Waals surface area contributed by atoms with Gasteiger partial charge in [0, 0.05) is 30.1 Å². The Balaban J connectivity index is 1.42. The van der Waals surface area contributed by atoms with Crippen molar-refractivity contribution in [2.75, 3.05) is 22.1 Å². The number of aryl methyl sites for hydroxylation is 1. The number of carbonyl (C=O) groups excluding carboxylic acids is 2. The molecule has 0 spiro atoms. The maximum absolute atomic E-state index is 13.2. The van der Waals surface area contributed by atoms with Gasteiger partial charge >= 0.3 is 5.63 Å². The molecule has 7 nitrogen and oxygen atoms in total. The van der Waals surface area contributed by atoms with Gasteiger partial charge in [0.1, 0.15) is 5.58 Å². The van der Waals surface area contributed by atoms with E-state index >= 15 is 0 Å². The zero-order valence-corrected chi connectivity index (χ0v) is 18.6. The van der Waals surface area contributed by atoms with E-state index in [1.54, 1.807) is 11.0 Å². The molecule has 2 aromatic carbocycles. The molecule has 1 atom stereocenters. The molecular weight excluding hydrogens is 418 g/mol. The van der Waals surface area contributed by atoms with Gasteiger partial charge in [0.15, 0.2) is 5.69 Å². The Labute approximate surface area is 191 Å². The van der Waals surface area contributed by atoms with Crippen LogP contribution in [0.25, 0.3) is 11.0 Å². The van der Waals surface area contributed by atoms with Crippen molar-refractivity contribution in [1.82, 2.24) is 0 Å². The highest BCUT2D eigenvalue weighted by molar-refractivity contribution is 6.06. The fourth-order valence-electron chi connectivity index (χ4n) is 4.77. The molecule has 1 unspecified atom stereocenters. The zero-order valence-electron chi connectivity index (χ0n) is 18.6. The quantitative estimate of drug-likeness (QED) is 0.566. The van der Waals surface area contributed by atoms with Crippen LogP contribution in [0.2, 0.25) is 0 Å². The van der Waals surface area contributed by atoms with Crippen molar-refractivity contribution in [3.63, 3.8) is 0 Å². The Kier molecular flexibility index (Phi) is 5.62. The van der Waals surface area contributed by atoms with Crippen LogP contribution in [0.4, 0.5) is 17.1 Å². The molecule has 1 saturated carbocycles. The van der Waals surface area contributed by atoms with Gasteiger partial charge < -0.3 is 20.0 Å². The Morgan fingerprint density at radius 3 is 2.48 bits per heavy atom. The highest BCUT2D eigenvalue weighted by Crippen LogP contribution is 2.33. The van der Waals surface area contributed by atoms with Crippen LogP contribution in [0.15, 0.2) is 57.7 Å². The van der Waals surface area contributed by atoms with Crippen LogP contribution in [-0.2, 0) is 9.59 Å². The van der Waals surface area contributed by atoms with E-state index in [0.717, 1.165) is 42.3 Å². The molecule has 1 aromatic heterocycles. The molecule has 7 heteroatoms. The lowest BCUT2D eigenvalue weighted by atomic mass is 10.1. The summed E-state index contributed by atoms with van der Waals surface area (Å²) in [4.78, 5) is 40.3. The molecule has 3 aromatic rings. The first kappa shape index (κ1) is 21.2. The topological polar surface area (TPSA) is 91.7 Å². The third-order valence-corrected chi connectivity index (χ3v) is 6.61. The SMILES string of the molecule is Cc1ccc(N2CC(C(=O)Nc3c(NC4CCCC4)c4ccccc4oc3=O)CC2=O)cc1. The fraction of sp³-hybridized carbons (Fsp3) is 0.346. The number of anilines is 3. The molecule has 2 amide bonds. The van der Waals surface area contributed by atoms with Crippen molar-refractivity contribution in [3.05, 3.63) is 64.5 Å². The van der Waals surface area contributed by atoms with E-state index < -0.39 is 11.5 Å². The van der Waals surface area contributed by atoms with Gasteiger partial charge in [-0.2, -0.15) is 0 Å². The first-order valence-corrected chi connectivity index (χ1v) is 11.5. The minimum atomic E-state index is -0.595. The predicted octanol–water partition coefficient (Wildman–Crippen LogP) is 4.45. The monoisotopic (exact) mass is 445 g/mol. The highest BCUT2D eigenvalue weighted by atomic mass is 16.4. The number of nitrogens with one attached hydrogen (secondary N) is 2. The molecule has 5 rings (SSSR count). The van der Waals surface area contributed by atoms with E-state index in [4.69, 9.17) is 4.42 Å². The Morgan fingerprint density at radius 1 is 1.00 bits per heavy atom. The minimum absolute atomic E-state index is 0.101. The lowest BCUT2D eigenvalue weighted by Gasteiger charge is -2.20. The van der Waals surface area contributed by atoms with Crippen molar-refractivity contribution >= 4 is 39.8 Å². The van der Waals surface area contributed by atoms with Crippen LogP contribution in [0.1, 0.15) is 37.7 Å². The van der Waals surface area contributed by atoms with E-state index in [0.29, 0.717) is 11.3 Å². The zero-order chi connectivity index (χ0) is 22.9. The van der Waals surface area contributed by atoms with Gasteiger partial charge in [-0.1, -0.05) is 42.7 Å². The average Bonchev–Trinajstić information content (AvgIpc) is 3.46. The summed E-state index contributed by atoms with van der Waals surface area (Å²) in [6, 6.07) is 15.2. The van der Waals surface area contributed by atoms with Crippen molar-refractivity contribution in [1.29, 1.82) is 0 Å². The third kappa shape index (κ3) is 4.23. The van der Waals surface area contributed by atoms with Gasteiger partial charge in [0.25, 0.3) is 0 Å². The second kappa shape index (κ2) is 8.73. The molecule has 2 aliphatic rings. The van der Waals surface area contributed by atoms with Crippen molar-refractivity contribution in [2.45, 2.75) is 45.1 Å². The molecular formula is C26H27N3O4. The van der Waals surface area contributed by atoms with Crippen molar-refractivity contribution < 1.29 is 14.0 Å². The summed E-state index contributed by atoms with van der Waals surface area (Å²) in [7, 11) is 0. The molecule has 1 saturated heterocycles. The average molecular weight is 446 g/mol. The van der Waals surface area contributed by atoms with Crippen LogP contribution < -0.4 is 21.2 Å². The Morgan fingerprint density at radius 2 is 1.73 bits per heavy atom. The first-order chi connectivity index (χ1) is 16.0. The van der Waals surface area contributed by atoms with Crippen LogP contribution in [-0.4, -0.2) is 24.4 Å². The molecule has 0 bridgehead atoms. The maximum atomic E-state index is 13.2. The normalized spacial score (nSPS) is 18.8. The van der Waals surface area contributed by atoms with E-state index in [-0.39, 0.29) is 36.5 Å². The molecule has 0 radical (unpaired) electrons. The summed E-state index contributed by atoms with van der Waals surface area (Å²) in [5.41, 5.74) is 2.47. The van der Waals surface area contributed by atoms with Gasteiger partial charge in [-0.3, -0.25) is 9.59 Å². The summed E-state index contributed by atoms with van der Waals surface area (Å²) in [5, 5.41) is 7.04. The standard InChI is InChI=1S/C26H27N3O4/c1-16-10-12-19(13-11-16)29-15-17(14-22(29)30)25(31)28-24-23(27-18-6-2-3-7-18)20-8-4-5-9-21(20)33-26(24)32/h4-5,8-13,17-18,27H,2-3,6-7,14-15H2,1H3,(H,28,31). The fourth-order valence-corrected chi connectivity index (χ4v) is 4.77. The lowest BCUT2D eigenvalue weighted by Crippen LogP contribution is -2.30. The largest absolute Gasteiger partial charge is 0.421 e. The molecule has 2 fully saturated rings. The lowest BCUT2D eigenvalue weighted by molar-refractivity contribution is -0.122. The van der Waals surface area contributed by atoms with E-state index in [1.807, 2.05) is 49.4 Å². The molecule has 2 N–H and O–H groups in total. The molecule has 1 aliphatic carbocycles. The molecule has 1 aliphatic heterocycles. The summed E-state index contributed by atoms with van der Waals surface area (Å²) < 4.78 is 5.50. The number of amides is 2. The Bertz CT molecular complexity index is 1260. The Hall–Kier alpha value is -3.61. The maximum Gasteiger partial charge on any atom is 0.362 e. The van der Waals surface area contributed by atoms with Crippen LogP contribution >= 0.6 is 0 Å². The number of rotatable bonds is 5. The summed E-state index contributed by atoms with van der Waals surface area (Å²) in [6.45, 7) is 2.26. The van der Waals surface area contributed by atoms with Gasteiger partial charge in [-0.05, 0) is 44.0 Å². The summed E-state index contributed by atoms with van der Waals surface area (Å²) in [6.07, 6.45) is 4.41. The number of benzene rings is 2. The number of para-hydroxylation sites is 1. The second-order valence-corrected chi connectivity index (χ2v) is 8.99. The summed E-state index contributed by atoms with van der Waals surface area (Å²) >= 11 is 0. The van der Waals surface area contributed by atoms with E-state index in [1.165, 1.54) is 0 Å². The van der Waals surface area contributed by atoms with Crippen LogP contribution in [0.5, 0.6) is 0 Å². The van der Waals surface area contributed by atoms with Crippen LogP contribution in [0.3, 0.4) is 0 Å². The number of nitrogens with zero attached hydrogens (tertiary/aromatic N) is 1.